The van der Waals surface area contributed by atoms with Crippen LogP contribution in [0, 0.1) is 6.92 Å². The standard InChI is InChI=1S/C20H17ClN2O4/c1-12-9-10-14(15(21)11-12)17-16(19(24)26-2)18(20(25)27-3)23(22-17)13-7-5-4-6-8-13/h4-11H,1-3H3. The Morgan fingerprint density at radius 2 is 1.67 bits per heavy atom. The van der Waals surface area contributed by atoms with Gasteiger partial charge in [0.1, 0.15) is 11.3 Å². The van der Waals surface area contributed by atoms with E-state index >= 15 is 0 Å². The average Bonchev–Trinajstić information content (AvgIpc) is 3.07. The van der Waals surface area contributed by atoms with Crippen LogP contribution in [0.25, 0.3) is 16.9 Å². The number of benzene rings is 2. The van der Waals surface area contributed by atoms with Crippen LogP contribution < -0.4 is 0 Å². The lowest BCUT2D eigenvalue weighted by molar-refractivity contribution is 0.0549. The van der Waals surface area contributed by atoms with E-state index in [0.717, 1.165) is 5.56 Å². The number of hydrogen-bond acceptors (Lipinski definition) is 5. The second-order valence-corrected chi connectivity index (χ2v) is 6.19. The molecule has 0 unspecified atom stereocenters. The molecule has 27 heavy (non-hydrogen) atoms. The molecule has 0 aliphatic heterocycles. The minimum absolute atomic E-state index is 0.000967. The Hall–Kier alpha value is -3.12. The molecule has 2 aromatic carbocycles. The molecule has 0 atom stereocenters. The van der Waals surface area contributed by atoms with Gasteiger partial charge in [-0.1, -0.05) is 41.9 Å². The Morgan fingerprint density at radius 1 is 1.00 bits per heavy atom. The van der Waals surface area contributed by atoms with Crippen LogP contribution in [0.3, 0.4) is 0 Å². The summed E-state index contributed by atoms with van der Waals surface area (Å²) in [6, 6.07) is 14.3. The van der Waals surface area contributed by atoms with Crippen molar-refractivity contribution in [3.63, 3.8) is 0 Å². The first-order valence-electron chi connectivity index (χ1n) is 8.09. The maximum absolute atomic E-state index is 12.5. The zero-order chi connectivity index (χ0) is 19.6. The van der Waals surface area contributed by atoms with Crippen molar-refractivity contribution in [2.24, 2.45) is 0 Å². The summed E-state index contributed by atoms with van der Waals surface area (Å²) in [5.41, 5.74) is 2.29. The predicted molar refractivity (Wildman–Crippen MR) is 101 cm³/mol. The SMILES string of the molecule is COC(=O)c1c(-c2ccc(C)cc2Cl)nn(-c2ccccc2)c1C(=O)OC. The molecule has 1 aromatic heterocycles. The van der Waals surface area contributed by atoms with Gasteiger partial charge in [-0.3, -0.25) is 0 Å². The summed E-state index contributed by atoms with van der Waals surface area (Å²) < 4.78 is 11.2. The fraction of sp³-hybridized carbons (Fsp3) is 0.150. The van der Waals surface area contributed by atoms with Crippen LogP contribution in [-0.4, -0.2) is 35.9 Å². The molecule has 0 bridgehead atoms. The molecule has 0 fully saturated rings. The third-order valence-corrected chi connectivity index (χ3v) is 4.35. The third kappa shape index (κ3) is 3.44. The molecule has 7 heteroatoms. The molecular formula is C20H17ClN2O4. The van der Waals surface area contributed by atoms with Crippen molar-refractivity contribution in [1.29, 1.82) is 0 Å². The van der Waals surface area contributed by atoms with E-state index in [1.807, 2.05) is 19.1 Å². The van der Waals surface area contributed by atoms with E-state index in [0.29, 0.717) is 16.3 Å². The Morgan fingerprint density at radius 3 is 2.26 bits per heavy atom. The maximum Gasteiger partial charge on any atom is 0.357 e. The second kappa shape index (κ2) is 7.63. The van der Waals surface area contributed by atoms with Crippen molar-refractivity contribution in [3.05, 3.63) is 70.4 Å². The molecule has 0 saturated carbocycles. The molecular weight excluding hydrogens is 368 g/mol. The quantitative estimate of drug-likeness (QED) is 0.634. The van der Waals surface area contributed by atoms with Gasteiger partial charge in [0.05, 0.1) is 24.9 Å². The number of hydrogen-bond donors (Lipinski definition) is 0. The molecule has 0 aliphatic rings. The molecule has 0 N–H and O–H groups in total. The van der Waals surface area contributed by atoms with Crippen molar-refractivity contribution in [1.82, 2.24) is 9.78 Å². The average molecular weight is 385 g/mol. The zero-order valence-electron chi connectivity index (χ0n) is 15.0. The number of rotatable bonds is 4. The molecule has 0 aliphatic carbocycles. The summed E-state index contributed by atoms with van der Waals surface area (Å²) >= 11 is 6.39. The van der Waals surface area contributed by atoms with Crippen molar-refractivity contribution in [3.8, 4) is 16.9 Å². The smallest absolute Gasteiger partial charge is 0.357 e. The van der Waals surface area contributed by atoms with Crippen LogP contribution >= 0.6 is 11.6 Å². The highest BCUT2D eigenvalue weighted by Gasteiger charge is 2.31. The van der Waals surface area contributed by atoms with Crippen LogP contribution in [0.1, 0.15) is 26.4 Å². The van der Waals surface area contributed by atoms with Crippen molar-refractivity contribution in [2.45, 2.75) is 6.92 Å². The number of aryl methyl sites for hydroxylation is 1. The van der Waals surface area contributed by atoms with E-state index in [4.69, 9.17) is 21.1 Å². The summed E-state index contributed by atoms with van der Waals surface area (Å²) in [6.45, 7) is 1.90. The third-order valence-electron chi connectivity index (χ3n) is 4.03. The number of ether oxygens (including phenoxy) is 2. The molecule has 3 aromatic rings. The first-order chi connectivity index (χ1) is 13.0. The van der Waals surface area contributed by atoms with E-state index in [-0.39, 0.29) is 17.0 Å². The van der Waals surface area contributed by atoms with Gasteiger partial charge in [0.2, 0.25) is 0 Å². The fourth-order valence-corrected chi connectivity index (χ4v) is 3.08. The molecule has 1 heterocycles. The van der Waals surface area contributed by atoms with Crippen LogP contribution in [0.2, 0.25) is 5.02 Å². The zero-order valence-corrected chi connectivity index (χ0v) is 15.8. The van der Waals surface area contributed by atoms with Crippen LogP contribution in [0.4, 0.5) is 0 Å². The minimum Gasteiger partial charge on any atom is -0.465 e. The van der Waals surface area contributed by atoms with Gasteiger partial charge in [0, 0.05) is 5.56 Å². The Kier molecular flexibility index (Phi) is 5.28. The van der Waals surface area contributed by atoms with Crippen molar-refractivity contribution < 1.29 is 19.1 Å². The monoisotopic (exact) mass is 384 g/mol. The summed E-state index contributed by atoms with van der Waals surface area (Å²) in [4.78, 5) is 25.1. The number of para-hydroxylation sites is 1. The topological polar surface area (TPSA) is 70.4 Å². The molecule has 0 saturated heterocycles. The fourth-order valence-electron chi connectivity index (χ4n) is 2.76. The molecule has 0 amide bonds. The molecule has 3 rings (SSSR count). The first-order valence-corrected chi connectivity index (χ1v) is 8.47. The van der Waals surface area contributed by atoms with Gasteiger partial charge >= 0.3 is 11.9 Å². The molecule has 138 valence electrons. The lowest BCUT2D eigenvalue weighted by atomic mass is 10.0. The van der Waals surface area contributed by atoms with Gasteiger partial charge in [0.15, 0.2) is 5.69 Å². The Balaban J connectivity index is 2.38. The first kappa shape index (κ1) is 18.7. The number of halogens is 1. The highest BCUT2D eigenvalue weighted by molar-refractivity contribution is 6.33. The van der Waals surface area contributed by atoms with E-state index in [9.17, 15) is 9.59 Å². The van der Waals surface area contributed by atoms with Crippen LogP contribution in [0.5, 0.6) is 0 Å². The Labute approximate surface area is 161 Å². The number of aromatic nitrogens is 2. The molecule has 0 spiro atoms. The lowest BCUT2D eigenvalue weighted by Crippen LogP contribution is -2.15. The number of esters is 2. The van der Waals surface area contributed by atoms with Gasteiger partial charge in [0.25, 0.3) is 0 Å². The molecule has 6 nitrogen and oxygen atoms in total. The van der Waals surface area contributed by atoms with Crippen molar-refractivity contribution in [2.75, 3.05) is 14.2 Å². The predicted octanol–water partition coefficient (Wildman–Crippen LogP) is 4.07. The highest BCUT2D eigenvalue weighted by Crippen LogP contribution is 2.34. The van der Waals surface area contributed by atoms with E-state index in [2.05, 4.69) is 5.10 Å². The van der Waals surface area contributed by atoms with Crippen LogP contribution in [0.15, 0.2) is 48.5 Å². The van der Waals surface area contributed by atoms with Gasteiger partial charge in [-0.05, 0) is 30.7 Å². The number of nitrogens with zero attached hydrogens (tertiary/aromatic N) is 2. The van der Waals surface area contributed by atoms with Gasteiger partial charge < -0.3 is 9.47 Å². The van der Waals surface area contributed by atoms with E-state index < -0.39 is 11.9 Å². The summed E-state index contributed by atoms with van der Waals surface area (Å²) in [5.74, 6) is -1.41. The summed E-state index contributed by atoms with van der Waals surface area (Å²) in [7, 11) is 2.48. The van der Waals surface area contributed by atoms with E-state index in [1.165, 1.54) is 18.9 Å². The molecule has 0 radical (unpaired) electrons. The summed E-state index contributed by atoms with van der Waals surface area (Å²) in [6.07, 6.45) is 0. The van der Waals surface area contributed by atoms with Crippen molar-refractivity contribution >= 4 is 23.5 Å². The highest BCUT2D eigenvalue weighted by atomic mass is 35.5. The van der Waals surface area contributed by atoms with E-state index in [1.54, 1.807) is 36.4 Å². The lowest BCUT2D eigenvalue weighted by Gasteiger charge is -2.07. The maximum atomic E-state index is 12.5. The van der Waals surface area contributed by atoms with Crippen LogP contribution in [-0.2, 0) is 9.47 Å². The minimum atomic E-state index is -0.707. The largest absolute Gasteiger partial charge is 0.465 e. The summed E-state index contributed by atoms with van der Waals surface area (Å²) in [5, 5.41) is 4.92. The number of methoxy groups -OCH3 is 2. The van der Waals surface area contributed by atoms with Gasteiger partial charge in [-0.25, -0.2) is 14.3 Å². The Bertz CT molecular complexity index is 1010. The van der Waals surface area contributed by atoms with Gasteiger partial charge in [-0.2, -0.15) is 5.10 Å². The second-order valence-electron chi connectivity index (χ2n) is 5.79. The normalized spacial score (nSPS) is 10.5. The van der Waals surface area contributed by atoms with Gasteiger partial charge in [-0.15, -0.1) is 0 Å². The number of carbonyl (C=O) groups excluding carboxylic acids is 2. The number of carbonyl (C=O) groups is 2.